The molecule has 202 valence electrons. The fraction of sp³-hybridized carbons (Fsp3) is 0.517. The van der Waals surface area contributed by atoms with E-state index in [4.69, 9.17) is 14.6 Å². The number of nitrogens with zero attached hydrogens (tertiary/aromatic N) is 2. The summed E-state index contributed by atoms with van der Waals surface area (Å²) in [5, 5.41) is 12.2. The molecule has 1 heterocycles. The standard InChI is InChI=1S/C29H41N3O5/c1-4-36-26-12-9-23(18-31(2)3)17-25(26)20-32-19-24-16-22(10-13-29(34)35)8-11-27(24)37-15-7-5-6-14-30-28(33)21-32/h8-9,11-12,16-17H,4-7,10,13-15,18-21H2,1-3H3,(H,30,33)(H,34,35). The van der Waals surface area contributed by atoms with Crippen LogP contribution >= 0.6 is 0 Å². The number of amides is 1. The van der Waals surface area contributed by atoms with Gasteiger partial charge in [-0.25, -0.2) is 0 Å². The normalized spacial score (nSPS) is 15.5. The van der Waals surface area contributed by atoms with Gasteiger partial charge in [-0.05, 0) is 76.0 Å². The lowest BCUT2D eigenvalue weighted by Gasteiger charge is -2.25. The molecule has 3 rings (SSSR count). The van der Waals surface area contributed by atoms with Gasteiger partial charge >= 0.3 is 5.97 Å². The molecule has 2 aromatic carbocycles. The number of hydrogen-bond acceptors (Lipinski definition) is 6. The molecule has 0 aromatic heterocycles. The number of ether oxygens (including phenoxy) is 2. The van der Waals surface area contributed by atoms with Crippen molar-refractivity contribution in [3.8, 4) is 11.5 Å². The van der Waals surface area contributed by atoms with Crippen molar-refractivity contribution in [2.75, 3.05) is 40.4 Å². The molecule has 1 aliphatic rings. The van der Waals surface area contributed by atoms with Crippen molar-refractivity contribution in [2.45, 2.75) is 58.7 Å². The Morgan fingerprint density at radius 3 is 2.68 bits per heavy atom. The molecule has 0 unspecified atom stereocenters. The highest BCUT2D eigenvalue weighted by atomic mass is 16.5. The van der Waals surface area contributed by atoms with Crippen LogP contribution in [0.1, 0.15) is 54.9 Å². The maximum atomic E-state index is 12.9. The quantitative estimate of drug-likeness (QED) is 0.529. The second-order valence-electron chi connectivity index (χ2n) is 9.85. The molecular weight excluding hydrogens is 470 g/mol. The molecule has 0 bridgehead atoms. The van der Waals surface area contributed by atoms with Gasteiger partial charge in [0, 0.05) is 43.7 Å². The largest absolute Gasteiger partial charge is 0.494 e. The van der Waals surface area contributed by atoms with E-state index in [9.17, 15) is 9.59 Å². The molecule has 0 fully saturated rings. The molecule has 37 heavy (non-hydrogen) atoms. The molecule has 0 saturated carbocycles. The van der Waals surface area contributed by atoms with Crippen LogP contribution in [0.3, 0.4) is 0 Å². The van der Waals surface area contributed by atoms with E-state index in [-0.39, 0.29) is 18.9 Å². The number of hydrogen-bond donors (Lipinski definition) is 2. The second kappa shape index (κ2) is 14.6. The van der Waals surface area contributed by atoms with Gasteiger partial charge in [-0.15, -0.1) is 0 Å². The van der Waals surface area contributed by atoms with Gasteiger partial charge in [0.25, 0.3) is 0 Å². The van der Waals surface area contributed by atoms with Gasteiger partial charge in [0.15, 0.2) is 0 Å². The summed E-state index contributed by atoms with van der Waals surface area (Å²) in [4.78, 5) is 28.2. The molecule has 0 radical (unpaired) electrons. The summed E-state index contributed by atoms with van der Waals surface area (Å²) < 4.78 is 12.1. The molecule has 8 nitrogen and oxygen atoms in total. The van der Waals surface area contributed by atoms with E-state index in [0.29, 0.717) is 39.3 Å². The number of carbonyl (C=O) groups is 2. The average molecular weight is 512 g/mol. The van der Waals surface area contributed by atoms with Crippen LogP contribution in [-0.2, 0) is 35.6 Å². The third-order valence-corrected chi connectivity index (χ3v) is 6.23. The zero-order valence-corrected chi connectivity index (χ0v) is 22.4. The number of benzene rings is 2. The van der Waals surface area contributed by atoms with Crippen molar-refractivity contribution in [1.82, 2.24) is 15.1 Å². The first-order valence-electron chi connectivity index (χ1n) is 13.2. The highest BCUT2D eigenvalue weighted by Gasteiger charge is 2.18. The summed E-state index contributed by atoms with van der Waals surface area (Å²) >= 11 is 0. The molecule has 8 heteroatoms. The number of carbonyl (C=O) groups excluding carboxylic acids is 1. The van der Waals surface area contributed by atoms with Crippen molar-refractivity contribution < 1.29 is 24.2 Å². The Bertz CT molecular complexity index is 1040. The van der Waals surface area contributed by atoms with E-state index < -0.39 is 5.97 Å². The number of fused-ring (bicyclic) bond motifs is 1. The molecule has 0 spiro atoms. The number of aryl methyl sites for hydroxylation is 1. The van der Waals surface area contributed by atoms with E-state index in [0.717, 1.165) is 54.0 Å². The minimum Gasteiger partial charge on any atom is -0.494 e. The Hall–Kier alpha value is -3.10. The van der Waals surface area contributed by atoms with Crippen LogP contribution in [0.25, 0.3) is 0 Å². The summed E-state index contributed by atoms with van der Waals surface area (Å²) in [5.41, 5.74) is 4.11. The van der Waals surface area contributed by atoms with Gasteiger partial charge in [0.1, 0.15) is 11.5 Å². The number of rotatable bonds is 9. The zero-order valence-electron chi connectivity index (χ0n) is 22.4. The van der Waals surface area contributed by atoms with Gasteiger partial charge in [0.05, 0.1) is 19.8 Å². The summed E-state index contributed by atoms with van der Waals surface area (Å²) in [6.07, 6.45) is 3.33. The van der Waals surface area contributed by atoms with Crippen molar-refractivity contribution >= 4 is 11.9 Å². The lowest BCUT2D eigenvalue weighted by atomic mass is 10.0. The SMILES string of the molecule is CCOc1ccc(CN(C)C)cc1CN1CC(=O)NCCCCCOc2ccc(CCC(=O)O)cc2C1. The predicted octanol–water partition coefficient (Wildman–Crippen LogP) is 3.85. The van der Waals surface area contributed by atoms with Crippen molar-refractivity contribution in [3.63, 3.8) is 0 Å². The molecule has 2 aromatic rings. The lowest BCUT2D eigenvalue weighted by molar-refractivity contribution is -0.137. The first kappa shape index (κ1) is 28.5. The number of carboxylic acid groups (broad SMARTS) is 1. The van der Waals surface area contributed by atoms with E-state index in [1.54, 1.807) is 0 Å². The molecule has 0 aliphatic carbocycles. The molecule has 1 amide bonds. The summed E-state index contributed by atoms with van der Waals surface area (Å²) in [6.45, 7) is 5.86. The number of nitrogens with one attached hydrogen (secondary N) is 1. The van der Waals surface area contributed by atoms with Gasteiger partial charge in [-0.1, -0.05) is 18.2 Å². The van der Waals surface area contributed by atoms with Crippen LogP contribution in [0.4, 0.5) is 0 Å². The van der Waals surface area contributed by atoms with Crippen LogP contribution in [0, 0.1) is 0 Å². The lowest BCUT2D eigenvalue weighted by Crippen LogP contribution is -2.37. The fourth-order valence-electron chi connectivity index (χ4n) is 4.54. The van der Waals surface area contributed by atoms with Gasteiger partial charge in [-0.3, -0.25) is 14.5 Å². The Kier molecular flexibility index (Phi) is 11.2. The molecular formula is C29H41N3O5. The fourth-order valence-corrected chi connectivity index (χ4v) is 4.54. The van der Waals surface area contributed by atoms with Gasteiger partial charge in [0.2, 0.25) is 5.91 Å². The van der Waals surface area contributed by atoms with Gasteiger partial charge < -0.3 is 24.8 Å². The van der Waals surface area contributed by atoms with Gasteiger partial charge in [-0.2, -0.15) is 0 Å². The monoisotopic (exact) mass is 511 g/mol. The highest BCUT2D eigenvalue weighted by molar-refractivity contribution is 5.78. The number of aliphatic carboxylic acids is 1. The predicted molar refractivity (Wildman–Crippen MR) is 144 cm³/mol. The third kappa shape index (κ3) is 9.70. The van der Waals surface area contributed by atoms with Crippen LogP contribution in [0.15, 0.2) is 36.4 Å². The highest BCUT2D eigenvalue weighted by Crippen LogP contribution is 2.27. The zero-order chi connectivity index (χ0) is 26.6. The first-order chi connectivity index (χ1) is 17.8. The topological polar surface area (TPSA) is 91.3 Å². The molecule has 0 saturated heterocycles. The smallest absolute Gasteiger partial charge is 0.303 e. The van der Waals surface area contributed by atoms with E-state index >= 15 is 0 Å². The Morgan fingerprint density at radius 2 is 1.92 bits per heavy atom. The summed E-state index contributed by atoms with van der Waals surface area (Å²) in [6, 6.07) is 12.2. The van der Waals surface area contributed by atoms with Crippen LogP contribution in [-0.4, -0.2) is 67.2 Å². The second-order valence-corrected chi connectivity index (χ2v) is 9.85. The third-order valence-electron chi connectivity index (χ3n) is 6.23. The Balaban J connectivity index is 1.94. The van der Waals surface area contributed by atoms with Crippen molar-refractivity contribution in [2.24, 2.45) is 0 Å². The number of carboxylic acids is 1. The minimum absolute atomic E-state index is 0.00819. The Labute approximate surface area is 220 Å². The van der Waals surface area contributed by atoms with E-state index in [1.165, 1.54) is 5.56 Å². The van der Waals surface area contributed by atoms with E-state index in [1.807, 2.05) is 45.3 Å². The van der Waals surface area contributed by atoms with Crippen LogP contribution in [0.5, 0.6) is 11.5 Å². The molecule has 2 N–H and O–H groups in total. The summed E-state index contributed by atoms with van der Waals surface area (Å²) in [5.74, 6) is 0.779. The maximum Gasteiger partial charge on any atom is 0.303 e. The van der Waals surface area contributed by atoms with Crippen LogP contribution in [0.2, 0.25) is 0 Å². The van der Waals surface area contributed by atoms with Crippen LogP contribution < -0.4 is 14.8 Å². The Morgan fingerprint density at radius 1 is 1.11 bits per heavy atom. The maximum absolute atomic E-state index is 12.9. The minimum atomic E-state index is -0.820. The van der Waals surface area contributed by atoms with Crippen molar-refractivity contribution in [1.29, 1.82) is 0 Å². The van der Waals surface area contributed by atoms with E-state index in [2.05, 4.69) is 27.2 Å². The molecule has 0 atom stereocenters. The first-order valence-corrected chi connectivity index (χ1v) is 13.2. The summed E-state index contributed by atoms with van der Waals surface area (Å²) in [7, 11) is 4.08. The molecule has 1 aliphatic heterocycles. The van der Waals surface area contributed by atoms with Crippen molar-refractivity contribution in [3.05, 3.63) is 58.7 Å². The average Bonchev–Trinajstić information content (AvgIpc) is 2.85.